The second kappa shape index (κ2) is 2.26. The SMILES string of the molecule is CC1=NO[C@]23c4ccccc4CCC2C13. The predicted molar refractivity (Wildman–Crippen MR) is 57.6 cm³/mol. The van der Waals surface area contributed by atoms with Gasteiger partial charge >= 0.3 is 0 Å². The van der Waals surface area contributed by atoms with E-state index in [1.165, 1.54) is 29.7 Å². The van der Waals surface area contributed by atoms with Crippen LogP contribution in [0, 0.1) is 11.8 Å². The van der Waals surface area contributed by atoms with Crippen LogP contribution in [0.5, 0.6) is 0 Å². The molecule has 0 amide bonds. The summed E-state index contributed by atoms with van der Waals surface area (Å²) in [7, 11) is 0. The molecule has 2 unspecified atom stereocenters. The summed E-state index contributed by atoms with van der Waals surface area (Å²) in [5, 5.41) is 4.16. The van der Waals surface area contributed by atoms with Crippen molar-refractivity contribution < 1.29 is 4.84 Å². The summed E-state index contributed by atoms with van der Waals surface area (Å²) < 4.78 is 0. The van der Waals surface area contributed by atoms with Crippen LogP contribution < -0.4 is 0 Å². The molecule has 1 aromatic rings. The number of aryl methyl sites for hydroxylation is 1. The van der Waals surface area contributed by atoms with Crippen molar-refractivity contribution in [1.82, 2.24) is 0 Å². The van der Waals surface area contributed by atoms with E-state index in [1.54, 1.807) is 0 Å². The molecule has 1 aliphatic heterocycles. The van der Waals surface area contributed by atoms with Gasteiger partial charge in [-0.1, -0.05) is 29.4 Å². The van der Waals surface area contributed by atoms with Crippen LogP contribution in [0.3, 0.4) is 0 Å². The highest BCUT2D eigenvalue weighted by molar-refractivity contribution is 5.91. The van der Waals surface area contributed by atoms with Gasteiger partial charge in [0.05, 0.1) is 11.6 Å². The minimum atomic E-state index is -0.0427. The first-order chi connectivity index (χ1) is 7.34. The highest BCUT2D eigenvalue weighted by atomic mass is 16.7. The lowest BCUT2D eigenvalue weighted by Gasteiger charge is -2.22. The van der Waals surface area contributed by atoms with E-state index in [-0.39, 0.29) is 5.60 Å². The van der Waals surface area contributed by atoms with E-state index in [2.05, 4.69) is 36.3 Å². The molecule has 1 saturated carbocycles. The molecule has 1 aromatic carbocycles. The van der Waals surface area contributed by atoms with E-state index in [9.17, 15) is 0 Å². The lowest BCUT2D eigenvalue weighted by Crippen LogP contribution is -2.18. The third-order valence-electron chi connectivity index (χ3n) is 4.26. The number of benzene rings is 1. The van der Waals surface area contributed by atoms with Gasteiger partial charge in [-0.05, 0) is 25.3 Å². The molecule has 76 valence electrons. The van der Waals surface area contributed by atoms with E-state index >= 15 is 0 Å². The fourth-order valence-electron chi connectivity index (χ4n) is 3.59. The van der Waals surface area contributed by atoms with E-state index < -0.39 is 0 Å². The molecule has 2 nitrogen and oxygen atoms in total. The van der Waals surface area contributed by atoms with Gasteiger partial charge in [-0.25, -0.2) is 0 Å². The molecule has 0 bridgehead atoms. The second-order valence-electron chi connectivity index (χ2n) is 4.90. The Morgan fingerprint density at radius 3 is 3.20 bits per heavy atom. The molecule has 0 saturated heterocycles. The first-order valence-corrected chi connectivity index (χ1v) is 5.65. The van der Waals surface area contributed by atoms with E-state index in [1.807, 2.05) is 0 Å². The Morgan fingerprint density at radius 1 is 1.40 bits per heavy atom. The lowest BCUT2D eigenvalue weighted by atomic mass is 9.89. The van der Waals surface area contributed by atoms with Crippen LogP contribution in [0.25, 0.3) is 0 Å². The Bertz CT molecular complexity index is 479. The fourth-order valence-corrected chi connectivity index (χ4v) is 3.59. The number of nitrogens with zero attached hydrogens (tertiary/aromatic N) is 1. The topological polar surface area (TPSA) is 21.6 Å². The maximum atomic E-state index is 5.75. The van der Waals surface area contributed by atoms with Crippen LogP contribution in [0.15, 0.2) is 29.4 Å². The summed E-state index contributed by atoms with van der Waals surface area (Å²) in [4.78, 5) is 5.75. The van der Waals surface area contributed by atoms with Gasteiger partial charge in [0.2, 0.25) is 0 Å². The van der Waals surface area contributed by atoms with Crippen LogP contribution in [0.2, 0.25) is 0 Å². The smallest absolute Gasteiger partial charge is 0.175 e. The minimum absolute atomic E-state index is 0.0427. The fraction of sp³-hybridized carbons (Fsp3) is 0.462. The summed E-state index contributed by atoms with van der Waals surface area (Å²) in [6.07, 6.45) is 2.46. The van der Waals surface area contributed by atoms with Crippen LogP contribution >= 0.6 is 0 Å². The molecule has 15 heavy (non-hydrogen) atoms. The van der Waals surface area contributed by atoms with Crippen molar-refractivity contribution in [2.24, 2.45) is 17.0 Å². The van der Waals surface area contributed by atoms with E-state index in [0.29, 0.717) is 11.8 Å². The van der Waals surface area contributed by atoms with Gasteiger partial charge < -0.3 is 4.84 Å². The summed E-state index contributed by atoms with van der Waals surface area (Å²) >= 11 is 0. The van der Waals surface area contributed by atoms with Crippen molar-refractivity contribution in [1.29, 1.82) is 0 Å². The zero-order valence-electron chi connectivity index (χ0n) is 8.73. The summed E-state index contributed by atoms with van der Waals surface area (Å²) in [5.74, 6) is 1.27. The molecule has 4 rings (SSSR count). The highest BCUT2D eigenvalue weighted by Gasteiger charge is 2.74. The first-order valence-electron chi connectivity index (χ1n) is 5.65. The minimum Gasteiger partial charge on any atom is -0.383 e. The third kappa shape index (κ3) is 0.726. The van der Waals surface area contributed by atoms with Crippen molar-refractivity contribution in [2.45, 2.75) is 25.4 Å². The van der Waals surface area contributed by atoms with Gasteiger partial charge in [0.15, 0.2) is 5.60 Å². The predicted octanol–water partition coefficient (Wildman–Crippen LogP) is 2.48. The number of oxime groups is 1. The summed E-state index contributed by atoms with van der Waals surface area (Å²) in [6, 6.07) is 8.68. The Morgan fingerprint density at radius 2 is 2.27 bits per heavy atom. The monoisotopic (exact) mass is 199 g/mol. The Balaban J connectivity index is 1.91. The summed E-state index contributed by atoms with van der Waals surface area (Å²) in [6.45, 7) is 2.10. The van der Waals surface area contributed by atoms with Crippen molar-refractivity contribution in [3.63, 3.8) is 0 Å². The molecular formula is C13H13NO. The van der Waals surface area contributed by atoms with Crippen LogP contribution in [-0.4, -0.2) is 5.71 Å². The van der Waals surface area contributed by atoms with Gasteiger partial charge in [0, 0.05) is 11.5 Å². The standard InChI is InChI=1S/C13H13NO/c1-8-12-11-7-6-9-4-2-3-5-10(9)13(11,12)15-14-8/h2-5,11-12H,6-7H2,1H3/t11?,12?,13-/m1/s1. The molecule has 2 heteroatoms. The maximum absolute atomic E-state index is 5.75. The number of rotatable bonds is 0. The van der Waals surface area contributed by atoms with E-state index in [0.717, 1.165) is 0 Å². The number of hydrogen-bond acceptors (Lipinski definition) is 2. The average molecular weight is 199 g/mol. The average Bonchev–Trinajstić information content (AvgIpc) is 2.85. The molecule has 1 heterocycles. The van der Waals surface area contributed by atoms with Crippen LogP contribution in [0.1, 0.15) is 24.5 Å². The normalized spacial score (nSPS) is 39.7. The third-order valence-corrected chi connectivity index (χ3v) is 4.26. The molecule has 1 spiro atoms. The summed E-state index contributed by atoms with van der Waals surface area (Å²) in [5.41, 5.74) is 4.00. The van der Waals surface area contributed by atoms with Crippen LogP contribution in [0.4, 0.5) is 0 Å². The molecule has 0 radical (unpaired) electrons. The molecule has 3 atom stereocenters. The molecular weight excluding hydrogens is 186 g/mol. The molecule has 2 aliphatic carbocycles. The van der Waals surface area contributed by atoms with E-state index in [4.69, 9.17) is 4.84 Å². The van der Waals surface area contributed by atoms with Crippen molar-refractivity contribution in [3.8, 4) is 0 Å². The first kappa shape index (κ1) is 7.91. The zero-order chi connectivity index (χ0) is 10.0. The quantitative estimate of drug-likeness (QED) is 0.629. The van der Waals surface area contributed by atoms with Gasteiger partial charge in [-0.3, -0.25) is 0 Å². The van der Waals surface area contributed by atoms with Crippen molar-refractivity contribution >= 4 is 5.71 Å². The van der Waals surface area contributed by atoms with Gasteiger partial charge in [0.1, 0.15) is 0 Å². The van der Waals surface area contributed by atoms with Crippen molar-refractivity contribution in [2.75, 3.05) is 0 Å². The molecule has 0 aromatic heterocycles. The highest BCUT2D eigenvalue weighted by Crippen LogP contribution is 2.68. The Labute approximate surface area is 88.9 Å². The Hall–Kier alpha value is -1.31. The molecule has 0 N–H and O–H groups in total. The lowest BCUT2D eigenvalue weighted by molar-refractivity contribution is 0.0251. The molecule has 1 fully saturated rings. The number of fused-ring (bicyclic) bond motifs is 2. The van der Waals surface area contributed by atoms with Gasteiger partial charge in [0.25, 0.3) is 0 Å². The largest absolute Gasteiger partial charge is 0.383 e. The van der Waals surface area contributed by atoms with Crippen molar-refractivity contribution in [3.05, 3.63) is 35.4 Å². The van der Waals surface area contributed by atoms with Gasteiger partial charge in [-0.15, -0.1) is 0 Å². The van der Waals surface area contributed by atoms with Gasteiger partial charge in [-0.2, -0.15) is 0 Å². The molecule has 3 aliphatic rings. The maximum Gasteiger partial charge on any atom is 0.175 e. The number of hydrogen-bond donors (Lipinski definition) is 0. The Kier molecular flexibility index (Phi) is 1.19. The zero-order valence-corrected chi connectivity index (χ0v) is 8.73. The second-order valence-corrected chi connectivity index (χ2v) is 4.90. The van der Waals surface area contributed by atoms with Crippen LogP contribution in [-0.2, 0) is 16.9 Å².